The van der Waals surface area contributed by atoms with Gasteiger partial charge in [-0.15, -0.1) is 11.3 Å². The molecule has 19 heavy (non-hydrogen) atoms. The molecule has 1 aliphatic heterocycles. The molecule has 3 nitrogen and oxygen atoms in total. The molecule has 0 bridgehead atoms. The van der Waals surface area contributed by atoms with Gasteiger partial charge in [-0.1, -0.05) is 26.7 Å². The number of anilines is 1. The first-order valence-corrected chi connectivity index (χ1v) is 8.33. The lowest BCUT2D eigenvalue weighted by Crippen LogP contribution is -2.39. The Kier molecular flexibility index (Phi) is 4.85. The highest BCUT2D eigenvalue weighted by molar-refractivity contribution is 7.15. The second-order valence-corrected chi connectivity index (χ2v) is 6.79. The highest BCUT2D eigenvalue weighted by atomic mass is 32.1. The Hall–Kier alpha value is -0.610. The van der Waals surface area contributed by atoms with E-state index in [4.69, 9.17) is 0 Å². The summed E-state index contributed by atoms with van der Waals surface area (Å²) in [4.78, 5) is 8.42. The molecule has 2 rings (SSSR count). The van der Waals surface area contributed by atoms with Crippen molar-refractivity contribution in [2.45, 2.75) is 52.5 Å². The third kappa shape index (κ3) is 3.11. The van der Waals surface area contributed by atoms with E-state index in [0.717, 1.165) is 0 Å². The maximum absolute atomic E-state index is 4.61. The third-order valence-corrected chi connectivity index (χ3v) is 6.21. The van der Waals surface area contributed by atoms with Gasteiger partial charge in [0.25, 0.3) is 0 Å². The molecule has 1 unspecified atom stereocenters. The van der Waals surface area contributed by atoms with Gasteiger partial charge in [-0.25, -0.2) is 4.98 Å². The third-order valence-electron chi connectivity index (χ3n) is 4.97. The summed E-state index contributed by atoms with van der Waals surface area (Å²) in [6.07, 6.45) is 7.30. The standard InChI is InChI=1S/C15H27N3S/c1-5-15(6-2)7-9-18(10-8-15)14-17-11-13(19-14)12(3)16-4/h11-12,16H,5-10H2,1-4H3. The smallest absolute Gasteiger partial charge is 0.185 e. The van der Waals surface area contributed by atoms with Crippen molar-refractivity contribution in [2.24, 2.45) is 5.41 Å². The molecule has 0 saturated carbocycles. The summed E-state index contributed by atoms with van der Waals surface area (Å²) in [6.45, 7) is 9.21. The molecule has 1 saturated heterocycles. The van der Waals surface area contributed by atoms with Gasteiger partial charge in [0.2, 0.25) is 0 Å². The summed E-state index contributed by atoms with van der Waals surface area (Å²) >= 11 is 1.84. The van der Waals surface area contributed by atoms with Crippen LogP contribution < -0.4 is 10.2 Å². The lowest BCUT2D eigenvalue weighted by Gasteiger charge is -2.40. The fourth-order valence-corrected chi connectivity index (χ4v) is 3.92. The molecule has 0 radical (unpaired) electrons. The predicted molar refractivity (Wildman–Crippen MR) is 84.1 cm³/mol. The fraction of sp³-hybridized carbons (Fsp3) is 0.800. The Morgan fingerprint density at radius 1 is 1.37 bits per heavy atom. The molecule has 1 atom stereocenters. The lowest BCUT2D eigenvalue weighted by molar-refractivity contribution is 0.199. The molecule has 4 heteroatoms. The molecule has 1 aliphatic rings. The zero-order chi connectivity index (χ0) is 13.9. The Balaban J connectivity index is 2.00. The van der Waals surface area contributed by atoms with Crippen molar-refractivity contribution in [1.29, 1.82) is 0 Å². The SMILES string of the molecule is CCC1(CC)CCN(c2ncc(C(C)NC)s2)CC1. The molecule has 2 heterocycles. The number of rotatable bonds is 5. The van der Waals surface area contributed by atoms with Crippen LogP contribution in [0.5, 0.6) is 0 Å². The largest absolute Gasteiger partial charge is 0.348 e. The van der Waals surface area contributed by atoms with Crippen LogP contribution >= 0.6 is 11.3 Å². The van der Waals surface area contributed by atoms with Crippen LogP contribution in [-0.4, -0.2) is 25.1 Å². The fourth-order valence-electron chi connectivity index (χ4n) is 2.90. The predicted octanol–water partition coefficient (Wildman–Crippen LogP) is 3.83. The van der Waals surface area contributed by atoms with Crippen LogP contribution in [0.3, 0.4) is 0 Å². The number of nitrogens with zero attached hydrogens (tertiary/aromatic N) is 2. The highest BCUT2D eigenvalue weighted by Gasteiger charge is 2.32. The van der Waals surface area contributed by atoms with Crippen LogP contribution in [0.1, 0.15) is 57.4 Å². The molecule has 1 aromatic heterocycles. The Labute approximate surface area is 121 Å². The number of nitrogens with one attached hydrogen (secondary N) is 1. The number of aromatic nitrogens is 1. The number of thiazole rings is 1. The van der Waals surface area contributed by atoms with Crippen LogP contribution in [-0.2, 0) is 0 Å². The van der Waals surface area contributed by atoms with Crippen molar-refractivity contribution in [3.05, 3.63) is 11.1 Å². The highest BCUT2D eigenvalue weighted by Crippen LogP contribution is 2.40. The van der Waals surface area contributed by atoms with Gasteiger partial charge < -0.3 is 10.2 Å². The second kappa shape index (κ2) is 6.23. The van der Waals surface area contributed by atoms with Gasteiger partial charge >= 0.3 is 0 Å². The van der Waals surface area contributed by atoms with Crippen molar-refractivity contribution >= 4 is 16.5 Å². The summed E-state index contributed by atoms with van der Waals surface area (Å²) in [5.74, 6) is 0. The molecule has 1 N–H and O–H groups in total. The normalized spacial score (nSPS) is 20.5. The Morgan fingerprint density at radius 3 is 2.53 bits per heavy atom. The van der Waals surface area contributed by atoms with E-state index in [1.807, 2.05) is 24.6 Å². The summed E-state index contributed by atoms with van der Waals surface area (Å²) in [5, 5.41) is 4.49. The van der Waals surface area contributed by atoms with Crippen molar-refractivity contribution in [2.75, 3.05) is 25.0 Å². The van der Waals surface area contributed by atoms with Gasteiger partial charge in [-0.2, -0.15) is 0 Å². The Morgan fingerprint density at radius 2 is 2.00 bits per heavy atom. The second-order valence-electron chi connectivity index (χ2n) is 5.75. The molecule has 0 spiro atoms. The minimum Gasteiger partial charge on any atom is -0.348 e. The zero-order valence-electron chi connectivity index (χ0n) is 12.7. The van der Waals surface area contributed by atoms with Crippen LogP contribution in [0.4, 0.5) is 5.13 Å². The van der Waals surface area contributed by atoms with E-state index in [9.17, 15) is 0 Å². The average Bonchev–Trinajstić information content (AvgIpc) is 2.96. The van der Waals surface area contributed by atoms with Crippen LogP contribution in [0.25, 0.3) is 0 Å². The summed E-state index contributed by atoms with van der Waals surface area (Å²) in [7, 11) is 2.00. The lowest BCUT2D eigenvalue weighted by atomic mass is 9.74. The van der Waals surface area contributed by atoms with Gasteiger partial charge in [0.15, 0.2) is 5.13 Å². The monoisotopic (exact) mass is 281 g/mol. The maximum Gasteiger partial charge on any atom is 0.185 e. The minimum atomic E-state index is 0.404. The van der Waals surface area contributed by atoms with E-state index in [2.05, 4.69) is 36.0 Å². The number of piperidine rings is 1. The molecule has 1 fully saturated rings. The maximum atomic E-state index is 4.61. The number of hydrogen-bond donors (Lipinski definition) is 1. The van der Waals surface area contributed by atoms with E-state index < -0.39 is 0 Å². The summed E-state index contributed by atoms with van der Waals surface area (Å²) in [6, 6.07) is 0.404. The zero-order valence-corrected chi connectivity index (χ0v) is 13.5. The molecular weight excluding hydrogens is 254 g/mol. The van der Waals surface area contributed by atoms with E-state index >= 15 is 0 Å². The number of hydrogen-bond acceptors (Lipinski definition) is 4. The van der Waals surface area contributed by atoms with Gasteiger partial charge in [0.1, 0.15) is 0 Å². The first kappa shape index (κ1) is 14.8. The molecule has 1 aromatic rings. The van der Waals surface area contributed by atoms with Gasteiger partial charge in [0, 0.05) is 30.2 Å². The first-order chi connectivity index (χ1) is 9.14. The van der Waals surface area contributed by atoms with Crippen molar-refractivity contribution < 1.29 is 0 Å². The van der Waals surface area contributed by atoms with Crippen molar-refractivity contribution in [3.8, 4) is 0 Å². The molecular formula is C15H27N3S. The first-order valence-electron chi connectivity index (χ1n) is 7.52. The summed E-state index contributed by atoms with van der Waals surface area (Å²) < 4.78 is 0. The van der Waals surface area contributed by atoms with E-state index in [1.165, 1.54) is 48.8 Å². The average molecular weight is 281 g/mol. The summed E-state index contributed by atoms with van der Waals surface area (Å²) in [5.41, 5.74) is 0.592. The van der Waals surface area contributed by atoms with Crippen molar-refractivity contribution in [1.82, 2.24) is 10.3 Å². The Bertz CT molecular complexity index is 388. The topological polar surface area (TPSA) is 28.2 Å². The van der Waals surface area contributed by atoms with E-state index in [1.54, 1.807) is 0 Å². The van der Waals surface area contributed by atoms with Crippen LogP contribution in [0.15, 0.2) is 6.20 Å². The van der Waals surface area contributed by atoms with Crippen molar-refractivity contribution in [3.63, 3.8) is 0 Å². The van der Waals surface area contributed by atoms with Gasteiger partial charge in [-0.05, 0) is 32.2 Å². The van der Waals surface area contributed by atoms with Gasteiger partial charge in [0.05, 0.1) is 0 Å². The quantitative estimate of drug-likeness (QED) is 0.889. The van der Waals surface area contributed by atoms with Crippen LogP contribution in [0.2, 0.25) is 0 Å². The van der Waals surface area contributed by atoms with E-state index in [-0.39, 0.29) is 0 Å². The van der Waals surface area contributed by atoms with Crippen LogP contribution in [0, 0.1) is 5.41 Å². The molecule has 0 aromatic carbocycles. The van der Waals surface area contributed by atoms with E-state index in [0.29, 0.717) is 11.5 Å². The molecule has 0 aliphatic carbocycles. The molecule has 0 amide bonds. The van der Waals surface area contributed by atoms with Gasteiger partial charge in [-0.3, -0.25) is 0 Å². The molecule has 108 valence electrons. The minimum absolute atomic E-state index is 0.404.